The molecule has 0 atom stereocenters. The highest BCUT2D eigenvalue weighted by atomic mass is 32.1. The van der Waals surface area contributed by atoms with Gasteiger partial charge in [-0.1, -0.05) is 0 Å². The van der Waals surface area contributed by atoms with Crippen LogP contribution in [0.3, 0.4) is 0 Å². The molecule has 0 fully saturated rings. The number of hydrogen-bond acceptors (Lipinski definition) is 6. The predicted molar refractivity (Wildman–Crippen MR) is 63.6 cm³/mol. The highest BCUT2D eigenvalue weighted by Gasteiger charge is 2.02. The Morgan fingerprint density at radius 2 is 2.19 bits per heavy atom. The topological polar surface area (TPSA) is 73.6 Å². The van der Waals surface area contributed by atoms with Crippen LogP contribution in [0, 0.1) is 18.4 Å². The summed E-state index contributed by atoms with van der Waals surface area (Å²) in [6, 6.07) is 5.60. The van der Waals surface area contributed by atoms with Crippen molar-refractivity contribution in [2.75, 3.05) is 10.6 Å². The molecule has 0 radical (unpaired) electrons. The average molecular weight is 231 g/mol. The third-order valence-electron chi connectivity index (χ3n) is 1.79. The molecule has 0 saturated heterocycles. The molecule has 0 spiro atoms. The van der Waals surface area contributed by atoms with E-state index in [0.717, 1.165) is 5.00 Å². The molecule has 2 aromatic rings. The van der Waals surface area contributed by atoms with Crippen LogP contribution in [0.1, 0.15) is 5.82 Å². The molecule has 2 heterocycles. The molecule has 2 aromatic heterocycles. The van der Waals surface area contributed by atoms with Gasteiger partial charge in [-0.05, 0) is 24.4 Å². The third-order valence-corrected chi connectivity index (χ3v) is 2.58. The van der Waals surface area contributed by atoms with Crippen molar-refractivity contribution in [3.63, 3.8) is 0 Å². The van der Waals surface area contributed by atoms with E-state index in [4.69, 9.17) is 5.26 Å². The molecule has 2 N–H and O–H groups in total. The highest BCUT2D eigenvalue weighted by molar-refractivity contribution is 7.14. The fourth-order valence-electron chi connectivity index (χ4n) is 1.23. The van der Waals surface area contributed by atoms with Gasteiger partial charge in [0.05, 0.1) is 5.00 Å². The summed E-state index contributed by atoms with van der Waals surface area (Å²) in [5, 5.41) is 17.1. The largest absolute Gasteiger partial charge is 0.332 e. The minimum absolute atomic E-state index is 0.494. The first-order valence-electron chi connectivity index (χ1n) is 4.59. The average Bonchev–Trinajstić information content (AvgIpc) is 2.70. The van der Waals surface area contributed by atoms with Crippen molar-refractivity contribution < 1.29 is 0 Å². The zero-order valence-electron chi connectivity index (χ0n) is 8.56. The fourth-order valence-corrected chi connectivity index (χ4v) is 1.85. The maximum atomic E-state index is 8.52. The molecule has 80 valence electrons. The lowest BCUT2D eigenvalue weighted by atomic mass is 10.5. The maximum Gasteiger partial charge on any atom is 0.182 e. The molecule has 0 aliphatic heterocycles. The zero-order chi connectivity index (χ0) is 11.4. The van der Waals surface area contributed by atoms with Crippen LogP contribution in [0.2, 0.25) is 0 Å². The summed E-state index contributed by atoms with van der Waals surface area (Å²) in [6.45, 7) is 1.78. The Kier molecular flexibility index (Phi) is 2.98. The van der Waals surface area contributed by atoms with Crippen LogP contribution >= 0.6 is 11.3 Å². The van der Waals surface area contributed by atoms with Crippen LogP contribution in [-0.4, -0.2) is 9.97 Å². The quantitative estimate of drug-likeness (QED) is 0.627. The van der Waals surface area contributed by atoms with Crippen LogP contribution < -0.4 is 10.6 Å². The predicted octanol–water partition coefficient (Wildman–Crippen LogP) is 2.48. The minimum atomic E-state index is 0.494. The van der Waals surface area contributed by atoms with E-state index in [1.807, 2.05) is 23.7 Å². The van der Waals surface area contributed by atoms with E-state index >= 15 is 0 Å². The van der Waals surface area contributed by atoms with Crippen molar-refractivity contribution in [3.8, 4) is 6.19 Å². The van der Waals surface area contributed by atoms with Crippen LogP contribution in [0.4, 0.5) is 16.6 Å². The van der Waals surface area contributed by atoms with Crippen molar-refractivity contribution in [1.29, 1.82) is 5.26 Å². The van der Waals surface area contributed by atoms with Gasteiger partial charge in [-0.2, -0.15) is 5.26 Å². The molecule has 0 amide bonds. The summed E-state index contributed by atoms with van der Waals surface area (Å²) in [7, 11) is 0. The Morgan fingerprint density at radius 1 is 1.38 bits per heavy atom. The molecule has 16 heavy (non-hydrogen) atoms. The number of nitrogens with zero attached hydrogens (tertiary/aromatic N) is 3. The van der Waals surface area contributed by atoms with Gasteiger partial charge >= 0.3 is 0 Å². The Labute approximate surface area is 96.8 Å². The Morgan fingerprint density at radius 3 is 2.88 bits per heavy atom. The number of thiophene rings is 1. The number of nitrogens with one attached hydrogen (secondary N) is 2. The Bertz CT molecular complexity index is 515. The number of rotatable bonds is 3. The second-order valence-corrected chi connectivity index (χ2v) is 3.97. The normalized spacial score (nSPS) is 9.50. The number of nitriles is 1. The Balaban J connectivity index is 2.24. The number of aromatic nitrogens is 2. The van der Waals surface area contributed by atoms with Crippen molar-refractivity contribution in [2.24, 2.45) is 0 Å². The number of hydrogen-bond donors (Lipinski definition) is 2. The Hall–Kier alpha value is -2.13. The number of aryl methyl sites for hydroxylation is 1. The summed E-state index contributed by atoms with van der Waals surface area (Å²) in [6.07, 6.45) is 1.83. The standard InChI is InChI=1S/C10H9N5S/c1-7-13-8(12-6-11)5-9(14-7)15-10-3-2-4-16-10/h2-5H,1H3,(H2,12,13,14,15). The van der Waals surface area contributed by atoms with Crippen molar-refractivity contribution in [3.05, 3.63) is 29.4 Å². The molecule has 0 aliphatic carbocycles. The molecule has 0 aromatic carbocycles. The molecule has 2 rings (SSSR count). The summed E-state index contributed by atoms with van der Waals surface area (Å²) >= 11 is 1.59. The molecule has 6 heteroatoms. The fraction of sp³-hybridized carbons (Fsp3) is 0.100. The van der Waals surface area contributed by atoms with E-state index in [-0.39, 0.29) is 0 Å². The lowest BCUT2D eigenvalue weighted by Crippen LogP contribution is -2.00. The summed E-state index contributed by atoms with van der Waals surface area (Å²) in [4.78, 5) is 8.30. The van der Waals surface area contributed by atoms with Crippen LogP contribution in [0.25, 0.3) is 0 Å². The first kappa shape index (κ1) is 10.4. The summed E-state index contributed by atoms with van der Waals surface area (Å²) in [5.74, 6) is 1.78. The third kappa shape index (κ3) is 2.46. The molecule has 0 aliphatic rings. The van der Waals surface area contributed by atoms with Crippen molar-refractivity contribution >= 4 is 28.0 Å². The van der Waals surface area contributed by atoms with Gasteiger partial charge in [-0.25, -0.2) is 9.97 Å². The number of anilines is 3. The second-order valence-electron chi connectivity index (χ2n) is 3.02. The van der Waals surface area contributed by atoms with Gasteiger partial charge in [0.25, 0.3) is 0 Å². The minimum Gasteiger partial charge on any atom is -0.332 e. The zero-order valence-corrected chi connectivity index (χ0v) is 9.38. The lowest BCUT2D eigenvalue weighted by Gasteiger charge is -2.05. The van der Waals surface area contributed by atoms with Crippen LogP contribution in [0.5, 0.6) is 0 Å². The van der Waals surface area contributed by atoms with Crippen LogP contribution in [0.15, 0.2) is 23.6 Å². The summed E-state index contributed by atoms with van der Waals surface area (Å²) in [5.41, 5.74) is 0. The molecule has 0 unspecified atom stereocenters. The molecule has 0 saturated carbocycles. The van der Waals surface area contributed by atoms with E-state index in [1.165, 1.54) is 0 Å². The van der Waals surface area contributed by atoms with Gasteiger partial charge in [-0.15, -0.1) is 11.3 Å². The molecule has 0 bridgehead atoms. The van der Waals surface area contributed by atoms with Crippen LogP contribution in [-0.2, 0) is 0 Å². The van der Waals surface area contributed by atoms with E-state index in [9.17, 15) is 0 Å². The van der Waals surface area contributed by atoms with E-state index < -0.39 is 0 Å². The van der Waals surface area contributed by atoms with Crippen molar-refractivity contribution in [2.45, 2.75) is 6.92 Å². The maximum absolute atomic E-state index is 8.52. The van der Waals surface area contributed by atoms with Crippen molar-refractivity contribution in [1.82, 2.24) is 9.97 Å². The smallest absolute Gasteiger partial charge is 0.182 e. The molecule has 5 nitrogen and oxygen atoms in total. The molecular weight excluding hydrogens is 222 g/mol. The van der Waals surface area contributed by atoms with Gasteiger partial charge in [0.15, 0.2) is 6.19 Å². The van der Waals surface area contributed by atoms with E-state index in [2.05, 4.69) is 20.6 Å². The van der Waals surface area contributed by atoms with E-state index in [1.54, 1.807) is 24.3 Å². The lowest BCUT2D eigenvalue weighted by molar-refractivity contribution is 1.06. The highest BCUT2D eigenvalue weighted by Crippen LogP contribution is 2.21. The van der Waals surface area contributed by atoms with Gasteiger partial charge in [0.1, 0.15) is 17.5 Å². The summed E-state index contributed by atoms with van der Waals surface area (Å²) < 4.78 is 0. The van der Waals surface area contributed by atoms with Gasteiger partial charge in [0.2, 0.25) is 0 Å². The monoisotopic (exact) mass is 231 g/mol. The van der Waals surface area contributed by atoms with Gasteiger partial charge < -0.3 is 5.32 Å². The second kappa shape index (κ2) is 4.59. The first-order chi connectivity index (χ1) is 7.78. The SMILES string of the molecule is Cc1nc(NC#N)cc(Nc2cccs2)n1. The first-order valence-corrected chi connectivity index (χ1v) is 5.47. The van der Waals surface area contributed by atoms with Gasteiger partial charge in [0, 0.05) is 6.07 Å². The van der Waals surface area contributed by atoms with Gasteiger partial charge in [-0.3, -0.25) is 5.32 Å². The van der Waals surface area contributed by atoms with E-state index in [0.29, 0.717) is 17.5 Å². The molecular formula is C10H9N5S.